The zero-order valence-electron chi connectivity index (χ0n) is 8.98. The van der Waals surface area contributed by atoms with Gasteiger partial charge in [-0.05, 0) is 27.7 Å². The van der Waals surface area contributed by atoms with Crippen molar-refractivity contribution in [2.45, 2.75) is 39.3 Å². The summed E-state index contributed by atoms with van der Waals surface area (Å²) in [5.41, 5.74) is 5.14. The van der Waals surface area contributed by atoms with Crippen LogP contribution in [0.4, 0.5) is 0 Å². The van der Waals surface area contributed by atoms with Crippen LogP contribution in [0.25, 0.3) is 0 Å². The van der Waals surface area contributed by atoms with Gasteiger partial charge in [-0.1, -0.05) is 0 Å². The molecule has 0 saturated heterocycles. The van der Waals surface area contributed by atoms with E-state index >= 15 is 0 Å². The van der Waals surface area contributed by atoms with Crippen LogP contribution in [0.1, 0.15) is 27.7 Å². The second kappa shape index (κ2) is 5.19. The molecule has 4 N–H and O–H groups in total. The van der Waals surface area contributed by atoms with Gasteiger partial charge in [-0.25, -0.2) is 0 Å². The van der Waals surface area contributed by atoms with Crippen molar-refractivity contribution in [3.8, 4) is 0 Å². The zero-order chi connectivity index (χ0) is 10.5. The molecule has 0 aliphatic heterocycles. The van der Waals surface area contributed by atoms with Crippen LogP contribution in [-0.2, 0) is 4.79 Å². The molecular weight excluding hydrogens is 166 g/mol. The van der Waals surface area contributed by atoms with E-state index in [1.54, 1.807) is 0 Å². The molecule has 1 amide bonds. The summed E-state index contributed by atoms with van der Waals surface area (Å²) in [5.74, 6) is 0.0148. The smallest absolute Gasteiger partial charge is 0.237 e. The van der Waals surface area contributed by atoms with Gasteiger partial charge >= 0.3 is 0 Å². The van der Waals surface area contributed by atoms with Gasteiger partial charge in [0.25, 0.3) is 0 Å². The Kier molecular flexibility index (Phi) is 4.95. The van der Waals surface area contributed by atoms with E-state index in [2.05, 4.69) is 10.6 Å². The highest BCUT2D eigenvalue weighted by Crippen LogP contribution is 1.98. The predicted molar refractivity (Wildman–Crippen MR) is 54.4 cm³/mol. The second-order valence-electron chi connectivity index (χ2n) is 4.20. The minimum Gasteiger partial charge on any atom is -0.350 e. The Labute approximate surface area is 80.3 Å². The van der Waals surface area contributed by atoms with Crippen LogP contribution in [0.3, 0.4) is 0 Å². The summed E-state index contributed by atoms with van der Waals surface area (Å²) in [6.07, 6.45) is 0. The minimum absolute atomic E-state index is 0.0148. The summed E-state index contributed by atoms with van der Waals surface area (Å²) < 4.78 is 0. The van der Waals surface area contributed by atoms with Gasteiger partial charge < -0.3 is 16.4 Å². The molecule has 0 rings (SSSR count). The Hall–Kier alpha value is -0.610. The lowest BCUT2D eigenvalue weighted by Crippen LogP contribution is -2.50. The van der Waals surface area contributed by atoms with Gasteiger partial charge in [0.2, 0.25) is 5.91 Å². The maximum atomic E-state index is 11.5. The van der Waals surface area contributed by atoms with Crippen molar-refractivity contribution in [2.24, 2.45) is 5.73 Å². The number of rotatable bonds is 4. The van der Waals surface area contributed by atoms with E-state index in [-0.39, 0.29) is 17.5 Å². The quantitative estimate of drug-likeness (QED) is 0.573. The maximum absolute atomic E-state index is 11.5. The number of amides is 1. The fourth-order valence-electron chi connectivity index (χ4n) is 0.870. The molecule has 0 aliphatic carbocycles. The standard InChI is InChI=1S/C9H21N3O/c1-7(11-6-5-10)8(13)12-9(2,3)4/h7,11H,5-6,10H2,1-4H3,(H,12,13). The minimum atomic E-state index is -0.178. The molecule has 0 radical (unpaired) electrons. The average Bonchev–Trinajstić information content (AvgIpc) is 1.96. The molecule has 1 atom stereocenters. The molecule has 0 aromatic rings. The molecule has 0 heterocycles. The summed E-state index contributed by atoms with van der Waals surface area (Å²) in [6, 6.07) is -0.178. The van der Waals surface area contributed by atoms with Gasteiger partial charge in [0.1, 0.15) is 0 Å². The molecular formula is C9H21N3O. The Bertz CT molecular complexity index is 163. The fourth-order valence-corrected chi connectivity index (χ4v) is 0.870. The Balaban J connectivity index is 3.83. The van der Waals surface area contributed by atoms with Crippen LogP contribution in [0, 0.1) is 0 Å². The maximum Gasteiger partial charge on any atom is 0.237 e. The van der Waals surface area contributed by atoms with Gasteiger partial charge in [0.05, 0.1) is 6.04 Å². The van der Waals surface area contributed by atoms with E-state index in [0.29, 0.717) is 13.1 Å². The van der Waals surface area contributed by atoms with E-state index < -0.39 is 0 Å². The van der Waals surface area contributed by atoms with Gasteiger partial charge in [0.15, 0.2) is 0 Å². The third-order valence-corrected chi connectivity index (χ3v) is 1.49. The van der Waals surface area contributed by atoms with Crippen LogP contribution in [0.2, 0.25) is 0 Å². The topological polar surface area (TPSA) is 67.1 Å². The highest BCUT2D eigenvalue weighted by Gasteiger charge is 2.17. The fraction of sp³-hybridized carbons (Fsp3) is 0.889. The first-order valence-electron chi connectivity index (χ1n) is 4.62. The summed E-state index contributed by atoms with van der Waals surface area (Å²) in [7, 11) is 0. The number of carbonyl (C=O) groups excluding carboxylic acids is 1. The molecule has 0 bridgehead atoms. The molecule has 4 nitrogen and oxygen atoms in total. The number of carbonyl (C=O) groups is 1. The average molecular weight is 187 g/mol. The third kappa shape index (κ3) is 6.54. The largest absolute Gasteiger partial charge is 0.350 e. The van der Waals surface area contributed by atoms with Crippen molar-refractivity contribution in [1.82, 2.24) is 10.6 Å². The van der Waals surface area contributed by atoms with Crippen molar-refractivity contribution in [3.05, 3.63) is 0 Å². The van der Waals surface area contributed by atoms with Crippen LogP contribution in [0.15, 0.2) is 0 Å². The molecule has 4 heteroatoms. The van der Waals surface area contributed by atoms with Crippen molar-refractivity contribution in [3.63, 3.8) is 0 Å². The number of hydrogen-bond donors (Lipinski definition) is 3. The lowest BCUT2D eigenvalue weighted by molar-refractivity contribution is -0.124. The monoisotopic (exact) mass is 187 g/mol. The Morgan fingerprint density at radius 1 is 1.46 bits per heavy atom. The molecule has 0 saturated carbocycles. The Morgan fingerprint density at radius 2 is 2.00 bits per heavy atom. The van der Waals surface area contributed by atoms with Crippen molar-refractivity contribution < 1.29 is 4.79 Å². The van der Waals surface area contributed by atoms with Gasteiger partial charge in [-0.3, -0.25) is 4.79 Å². The molecule has 0 aromatic heterocycles. The van der Waals surface area contributed by atoms with E-state index in [9.17, 15) is 4.79 Å². The van der Waals surface area contributed by atoms with Crippen LogP contribution >= 0.6 is 0 Å². The summed E-state index contributed by atoms with van der Waals surface area (Å²) in [4.78, 5) is 11.5. The normalized spacial score (nSPS) is 13.9. The number of nitrogens with two attached hydrogens (primary N) is 1. The molecule has 0 spiro atoms. The molecule has 78 valence electrons. The molecule has 0 fully saturated rings. The molecule has 13 heavy (non-hydrogen) atoms. The van der Waals surface area contributed by atoms with Crippen LogP contribution < -0.4 is 16.4 Å². The van der Waals surface area contributed by atoms with Gasteiger partial charge in [-0.15, -0.1) is 0 Å². The highest BCUT2D eigenvalue weighted by atomic mass is 16.2. The summed E-state index contributed by atoms with van der Waals surface area (Å²) in [5, 5.41) is 5.90. The SMILES string of the molecule is CC(NCCN)C(=O)NC(C)(C)C. The summed E-state index contributed by atoms with van der Waals surface area (Å²) in [6.45, 7) is 8.92. The molecule has 0 aliphatic rings. The first-order valence-corrected chi connectivity index (χ1v) is 4.62. The Morgan fingerprint density at radius 3 is 2.38 bits per heavy atom. The van der Waals surface area contributed by atoms with Crippen LogP contribution in [0.5, 0.6) is 0 Å². The van der Waals surface area contributed by atoms with Crippen molar-refractivity contribution in [1.29, 1.82) is 0 Å². The lowest BCUT2D eigenvalue weighted by atomic mass is 10.1. The second-order valence-corrected chi connectivity index (χ2v) is 4.20. The van der Waals surface area contributed by atoms with E-state index in [4.69, 9.17) is 5.73 Å². The van der Waals surface area contributed by atoms with E-state index in [1.165, 1.54) is 0 Å². The first kappa shape index (κ1) is 12.4. The van der Waals surface area contributed by atoms with Gasteiger partial charge in [0, 0.05) is 18.6 Å². The highest BCUT2D eigenvalue weighted by molar-refractivity contribution is 5.81. The third-order valence-electron chi connectivity index (χ3n) is 1.49. The first-order chi connectivity index (χ1) is 5.87. The predicted octanol–water partition coefficient (Wildman–Crippen LogP) is -0.162. The lowest BCUT2D eigenvalue weighted by Gasteiger charge is -2.23. The van der Waals surface area contributed by atoms with E-state index in [1.807, 2.05) is 27.7 Å². The van der Waals surface area contributed by atoms with Gasteiger partial charge in [-0.2, -0.15) is 0 Å². The summed E-state index contributed by atoms with van der Waals surface area (Å²) >= 11 is 0. The van der Waals surface area contributed by atoms with Crippen LogP contribution in [-0.4, -0.2) is 30.6 Å². The van der Waals surface area contributed by atoms with E-state index in [0.717, 1.165) is 0 Å². The molecule has 1 unspecified atom stereocenters. The van der Waals surface area contributed by atoms with Crippen molar-refractivity contribution in [2.75, 3.05) is 13.1 Å². The number of hydrogen-bond acceptors (Lipinski definition) is 3. The zero-order valence-corrected chi connectivity index (χ0v) is 8.98. The molecule has 0 aromatic carbocycles. The number of nitrogens with one attached hydrogen (secondary N) is 2. The van der Waals surface area contributed by atoms with Crippen molar-refractivity contribution >= 4 is 5.91 Å².